The van der Waals surface area contributed by atoms with Crippen LogP contribution in [0, 0.1) is 0 Å². The number of hydrogen-bond donors (Lipinski definition) is 0. The van der Waals surface area contributed by atoms with Crippen molar-refractivity contribution in [3.8, 4) is 0 Å². The molecule has 10 heteroatoms. The Kier molecular flexibility index (Phi) is 3.90. The van der Waals surface area contributed by atoms with E-state index < -0.39 is 17.8 Å². The third-order valence-electron chi connectivity index (χ3n) is 3.67. The largest absolute Gasteiger partial charge is 0.435 e. The Balaban J connectivity index is 1.98. The van der Waals surface area contributed by atoms with Crippen LogP contribution in [-0.4, -0.2) is 30.7 Å². The van der Waals surface area contributed by atoms with Gasteiger partial charge >= 0.3 is 6.18 Å². The van der Waals surface area contributed by atoms with Crippen LogP contribution < -0.4 is 4.90 Å². The first-order valence-electron chi connectivity index (χ1n) is 7.25. The molecule has 1 aliphatic carbocycles. The number of rotatable bonds is 5. The summed E-state index contributed by atoms with van der Waals surface area (Å²) in [6, 6.07) is 0.124. The molecule has 2 aromatic heterocycles. The molecule has 24 heavy (non-hydrogen) atoms. The van der Waals surface area contributed by atoms with E-state index in [2.05, 4.69) is 22.0 Å². The fourth-order valence-electron chi connectivity index (χ4n) is 2.45. The second-order valence-corrected chi connectivity index (χ2v) is 5.57. The van der Waals surface area contributed by atoms with E-state index >= 15 is 0 Å². The SMILES string of the molecule is C=CC(=O)N(Cc1cn(C)nc1C(F)(F)F)c1cnnn1C1CC1. The highest BCUT2D eigenvalue weighted by Gasteiger charge is 2.38. The lowest BCUT2D eigenvalue weighted by Gasteiger charge is -2.21. The molecular formula is C14H15F3N6O. The molecule has 2 heterocycles. The van der Waals surface area contributed by atoms with Gasteiger partial charge in [0.1, 0.15) is 0 Å². The molecular weight excluding hydrogens is 325 g/mol. The Morgan fingerprint density at radius 2 is 2.21 bits per heavy atom. The average Bonchev–Trinajstić information content (AvgIpc) is 3.11. The molecule has 0 aromatic carbocycles. The van der Waals surface area contributed by atoms with E-state index in [0.717, 1.165) is 23.6 Å². The first kappa shape index (κ1) is 16.2. The van der Waals surface area contributed by atoms with Crippen LogP contribution in [0.3, 0.4) is 0 Å². The average molecular weight is 340 g/mol. The molecule has 7 nitrogen and oxygen atoms in total. The molecule has 0 atom stereocenters. The van der Waals surface area contributed by atoms with Crippen molar-refractivity contribution in [2.24, 2.45) is 7.05 Å². The van der Waals surface area contributed by atoms with Crippen molar-refractivity contribution in [1.29, 1.82) is 0 Å². The molecule has 0 saturated heterocycles. The molecule has 1 amide bonds. The Labute approximate surface area is 135 Å². The number of halogens is 3. The summed E-state index contributed by atoms with van der Waals surface area (Å²) in [7, 11) is 1.40. The molecule has 2 aromatic rings. The van der Waals surface area contributed by atoms with Gasteiger partial charge in [0.05, 0.1) is 18.8 Å². The van der Waals surface area contributed by atoms with Crippen molar-refractivity contribution in [1.82, 2.24) is 24.8 Å². The Bertz CT molecular complexity index is 774. The van der Waals surface area contributed by atoms with Gasteiger partial charge in [-0.25, -0.2) is 4.68 Å². The Morgan fingerprint density at radius 3 is 2.79 bits per heavy atom. The molecule has 0 unspecified atom stereocenters. The van der Waals surface area contributed by atoms with Gasteiger partial charge in [0, 0.05) is 18.8 Å². The van der Waals surface area contributed by atoms with Crippen LogP contribution >= 0.6 is 0 Å². The zero-order chi connectivity index (χ0) is 17.5. The lowest BCUT2D eigenvalue weighted by atomic mass is 10.2. The molecule has 1 saturated carbocycles. The van der Waals surface area contributed by atoms with Gasteiger partial charge in [0.2, 0.25) is 0 Å². The first-order chi connectivity index (χ1) is 11.3. The van der Waals surface area contributed by atoms with Crippen LogP contribution in [0.2, 0.25) is 0 Å². The van der Waals surface area contributed by atoms with E-state index in [0.29, 0.717) is 5.82 Å². The number of anilines is 1. The van der Waals surface area contributed by atoms with Crippen molar-refractivity contribution >= 4 is 11.7 Å². The van der Waals surface area contributed by atoms with Gasteiger partial charge in [0.25, 0.3) is 5.91 Å². The highest BCUT2D eigenvalue weighted by molar-refractivity contribution is 6.00. The predicted octanol–water partition coefficient (Wildman–Crippen LogP) is 2.08. The summed E-state index contributed by atoms with van der Waals surface area (Å²) < 4.78 is 42.0. The highest BCUT2D eigenvalue weighted by Crippen LogP contribution is 2.38. The molecule has 128 valence electrons. The van der Waals surface area contributed by atoms with E-state index in [-0.39, 0.29) is 18.2 Å². The maximum absolute atomic E-state index is 13.1. The third-order valence-corrected chi connectivity index (χ3v) is 3.67. The summed E-state index contributed by atoms with van der Waals surface area (Å²) >= 11 is 0. The van der Waals surface area contributed by atoms with Crippen LogP contribution in [0.15, 0.2) is 25.0 Å². The first-order valence-corrected chi connectivity index (χ1v) is 7.25. The standard InChI is InChI=1S/C14H15F3N6O/c1-3-12(24)22(11-6-18-20-23(11)10-4-5-10)8-9-7-21(2)19-13(9)14(15,16)17/h3,6-7,10H,1,4-5,8H2,2H3. The summed E-state index contributed by atoms with van der Waals surface area (Å²) in [4.78, 5) is 13.4. The molecule has 0 N–H and O–H groups in total. The van der Waals surface area contributed by atoms with Crippen LogP contribution in [0.25, 0.3) is 0 Å². The van der Waals surface area contributed by atoms with Gasteiger partial charge in [-0.1, -0.05) is 11.8 Å². The van der Waals surface area contributed by atoms with Gasteiger partial charge in [-0.15, -0.1) is 5.10 Å². The van der Waals surface area contributed by atoms with Crippen LogP contribution in [0.5, 0.6) is 0 Å². The molecule has 1 fully saturated rings. The Hall–Kier alpha value is -2.65. The van der Waals surface area contributed by atoms with E-state index in [1.807, 2.05) is 0 Å². The lowest BCUT2D eigenvalue weighted by molar-refractivity contribution is -0.142. The van der Waals surface area contributed by atoms with Crippen LogP contribution in [-0.2, 0) is 24.6 Å². The van der Waals surface area contributed by atoms with Crippen molar-refractivity contribution < 1.29 is 18.0 Å². The van der Waals surface area contributed by atoms with Crippen molar-refractivity contribution in [2.75, 3.05) is 4.90 Å². The number of nitrogens with zero attached hydrogens (tertiary/aromatic N) is 6. The number of aryl methyl sites for hydroxylation is 1. The Morgan fingerprint density at radius 1 is 1.50 bits per heavy atom. The molecule has 0 bridgehead atoms. The molecule has 1 aliphatic rings. The third kappa shape index (κ3) is 3.03. The molecule has 0 radical (unpaired) electrons. The summed E-state index contributed by atoms with van der Waals surface area (Å²) in [6.07, 6.45) is 0.851. The van der Waals surface area contributed by atoms with E-state index in [1.165, 1.54) is 24.3 Å². The monoisotopic (exact) mass is 340 g/mol. The van der Waals surface area contributed by atoms with Gasteiger partial charge in [0.15, 0.2) is 11.5 Å². The van der Waals surface area contributed by atoms with Gasteiger partial charge in [-0.3, -0.25) is 14.4 Å². The zero-order valence-corrected chi connectivity index (χ0v) is 12.9. The van der Waals surface area contributed by atoms with E-state index in [1.54, 1.807) is 4.68 Å². The summed E-state index contributed by atoms with van der Waals surface area (Å²) in [6.45, 7) is 3.12. The van der Waals surface area contributed by atoms with Crippen molar-refractivity contribution in [3.05, 3.63) is 36.3 Å². The van der Waals surface area contributed by atoms with Crippen LogP contribution in [0.1, 0.15) is 30.1 Å². The maximum Gasteiger partial charge on any atom is 0.435 e. The minimum absolute atomic E-state index is 0.108. The van der Waals surface area contributed by atoms with Crippen molar-refractivity contribution in [2.45, 2.75) is 31.6 Å². The number of alkyl halides is 3. The minimum atomic E-state index is -4.60. The predicted molar refractivity (Wildman–Crippen MR) is 77.9 cm³/mol. The topological polar surface area (TPSA) is 68.8 Å². The lowest BCUT2D eigenvalue weighted by Crippen LogP contribution is -2.31. The van der Waals surface area contributed by atoms with Gasteiger partial charge in [-0.2, -0.15) is 18.3 Å². The fourth-order valence-corrected chi connectivity index (χ4v) is 2.45. The molecule has 0 spiro atoms. The smallest absolute Gasteiger partial charge is 0.287 e. The number of hydrogen-bond acceptors (Lipinski definition) is 4. The zero-order valence-electron chi connectivity index (χ0n) is 12.9. The number of amides is 1. The quantitative estimate of drug-likeness (QED) is 0.782. The summed E-state index contributed by atoms with van der Waals surface area (Å²) in [5.41, 5.74) is -1.12. The normalized spacial score (nSPS) is 14.7. The highest BCUT2D eigenvalue weighted by atomic mass is 19.4. The van der Waals surface area contributed by atoms with Crippen LogP contribution in [0.4, 0.5) is 19.0 Å². The number of carbonyl (C=O) groups is 1. The molecule has 3 rings (SSSR count). The summed E-state index contributed by atoms with van der Waals surface area (Å²) in [5, 5.41) is 11.2. The number of carbonyl (C=O) groups excluding carboxylic acids is 1. The minimum Gasteiger partial charge on any atom is -0.287 e. The summed E-state index contributed by atoms with van der Waals surface area (Å²) in [5.74, 6) is -0.185. The van der Waals surface area contributed by atoms with E-state index in [4.69, 9.17) is 0 Å². The molecule has 0 aliphatic heterocycles. The second-order valence-electron chi connectivity index (χ2n) is 5.57. The fraction of sp³-hybridized carbons (Fsp3) is 0.429. The number of aromatic nitrogens is 5. The van der Waals surface area contributed by atoms with Gasteiger partial charge < -0.3 is 0 Å². The maximum atomic E-state index is 13.1. The van der Waals surface area contributed by atoms with E-state index in [9.17, 15) is 18.0 Å². The van der Waals surface area contributed by atoms with Crippen molar-refractivity contribution in [3.63, 3.8) is 0 Å². The second kappa shape index (κ2) is 5.77. The van der Waals surface area contributed by atoms with Gasteiger partial charge in [-0.05, 0) is 18.9 Å².